The molecule has 0 bridgehead atoms. The Hall–Kier alpha value is -1.22. The first-order valence-electron chi connectivity index (χ1n) is 10.3. The second kappa shape index (κ2) is 10.1. The molecule has 1 atom stereocenters. The Morgan fingerprint density at radius 2 is 2.00 bits per heavy atom. The molecule has 0 spiro atoms. The number of halogens is 2. The van der Waals surface area contributed by atoms with E-state index in [1.54, 1.807) is 0 Å². The third kappa shape index (κ3) is 5.78. The summed E-state index contributed by atoms with van der Waals surface area (Å²) in [7, 11) is 4.63. The maximum absolute atomic E-state index is 12.7. The fourth-order valence-electron chi connectivity index (χ4n) is 4.15. The second-order valence-corrected chi connectivity index (χ2v) is 10.3. The number of nitrogens with one attached hydrogen (secondary N) is 1. The summed E-state index contributed by atoms with van der Waals surface area (Å²) in [5.74, 6) is 3.16. The molecule has 0 aliphatic carbocycles. The first kappa shape index (κ1) is 24.4. The molecular weight excluding hydrogens is 543 g/mol. The van der Waals surface area contributed by atoms with Crippen molar-refractivity contribution in [1.29, 1.82) is 0 Å². The molecule has 2 aromatic carbocycles. The first-order valence-corrected chi connectivity index (χ1v) is 11.8. The molecule has 1 unspecified atom stereocenters. The maximum atomic E-state index is 12.7. The molecule has 2 aromatic rings. The molecular formula is C24H28ClIN2O2S. The number of fused-ring (bicyclic) bond motifs is 1. The number of nitrogens with zero attached hydrogens (tertiary/aromatic N) is 1. The van der Waals surface area contributed by atoms with Gasteiger partial charge in [0.15, 0.2) is 0 Å². The maximum Gasteiger partial charge on any atom is 0.255 e. The molecule has 0 aromatic heterocycles. The molecule has 7 heteroatoms. The number of amides is 1. The molecule has 1 N–H and O–H groups in total. The second-order valence-electron chi connectivity index (χ2n) is 8.70. The van der Waals surface area contributed by atoms with Crippen LogP contribution in [0.3, 0.4) is 0 Å². The standard InChI is InChI=1S/C24H27ClN2O2S.HI/c1-16-10-20(25)12-18-11-19(14-29-23(16)18)24(28)26-21-6-4-17(5-7-21)13-27(2,3)22-8-9-30-15-22;/h4-7,10-12,22H,8-9,13-15H2,1-3H3;1H. The molecule has 166 valence electrons. The van der Waals surface area contributed by atoms with E-state index in [2.05, 4.69) is 43.3 Å². The molecule has 0 radical (unpaired) electrons. The predicted octanol–water partition coefficient (Wildman–Crippen LogP) is 2.15. The van der Waals surface area contributed by atoms with Crippen LogP contribution < -0.4 is 34.0 Å². The fourth-order valence-corrected chi connectivity index (χ4v) is 5.88. The average Bonchev–Trinajstić information content (AvgIpc) is 3.24. The van der Waals surface area contributed by atoms with Crippen LogP contribution in [0.4, 0.5) is 5.69 Å². The van der Waals surface area contributed by atoms with Crippen molar-refractivity contribution in [3.05, 3.63) is 63.7 Å². The topological polar surface area (TPSA) is 38.3 Å². The summed E-state index contributed by atoms with van der Waals surface area (Å²) in [6.45, 7) is 3.20. The highest BCUT2D eigenvalue weighted by Crippen LogP contribution is 2.33. The van der Waals surface area contributed by atoms with Gasteiger partial charge >= 0.3 is 0 Å². The highest BCUT2D eigenvalue weighted by Gasteiger charge is 2.31. The molecule has 2 aliphatic heterocycles. The molecule has 0 saturated carbocycles. The highest BCUT2D eigenvalue weighted by atomic mass is 127. The Balaban J connectivity index is 0.00000272. The van der Waals surface area contributed by atoms with Crippen LogP contribution in [0.25, 0.3) is 6.08 Å². The van der Waals surface area contributed by atoms with Crippen molar-refractivity contribution < 1.29 is 38.0 Å². The zero-order valence-electron chi connectivity index (χ0n) is 18.1. The molecule has 1 saturated heterocycles. The number of hydrogen-bond acceptors (Lipinski definition) is 3. The smallest absolute Gasteiger partial charge is 0.255 e. The Morgan fingerprint density at radius 3 is 2.68 bits per heavy atom. The van der Waals surface area contributed by atoms with Gasteiger partial charge in [-0.15, -0.1) is 0 Å². The van der Waals surface area contributed by atoms with Gasteiger partial charge in [0.05, 0.1) is 25.7 Å². The van der Waals surface area contributed by atoms with Crippen LogP contribution in [-0.2, 0) is 11.3 Å². The van der Waals surface area contributed by atoms with Gasteiger partial charge in [-0.05, 0) is 48.6 Å². The van der Waals surface area contributed by atoms with Crippen molar-refractivity contribution in [2.45, 2.75) is 25.9 Å². The van der Waals surface area contributed by atoms with E-state index in [0.29, 0.717) is 16.6 Å². The molecule has 1 amide bonds. The van der Waals surface area contributed by atoms with Crippen molar-refractivity contribution in [2.24, 2.45) is 0 Å². The lowest BCUT2D eigenvalue weighted by Gasteiger charge is -2.35. The van der Waals surface area contributed by atoms with E-state index in [4.69, 9.17) is 16.3 Å². The van der Waals surface area contributed by atoms with Crippen molar-refractivity contribution >= 4 is 41.0 Å². The number of carbonyl (C=O) groups excluding carboxylic acids is 1. The Labute approximate surface area is 211 Å². The SMILES string of the molecule is Cc1cc(Cl)cc2c1OCC(C(=O)Nc1ccc(C[N+](C)(C)C3CCSC3)cc1)=C2.[I-]. The minimum Gasteiger partial charge on any atom is -1.00 e. The van der Waals surface area contributed by atoms with Gasteiger partial charge in [-0.2, -0.15) is 11.8 Å². The van der Waals surface area contributed by atoms with Gasteiger partial charge in [-0.25, -0.2) is 0 Å². The average molecular weight is 571 g/mol. The van der Waals surface area contributed by atoms with Crippen molar-refractivity contribution in [3.8, 4) is 5.75 Å². The minimum atomic E-state index is -0.148. The van der Waals surface area contributed by atoms with E-state index in [-0.39, 0.29) is 36.5 Å². The lowest BCUT2D eigenvalue weighted by molar-refractivity contribution is -0.924. The van der Waals surface area contributed by atoms with Crippen LogP contribution in [0.1, 0.15) is 23.1 Å². The number of quaternary nitrogens is 1. The number of benzene rings is 2. The first-order chi connectivity index (χ1) is 14.3. The van der Waals surface area contributed by atoms with Gasteiger partial charge < -0.3 is 38.5 Å². The molecule has 4 nitrogen and oxygen atoms in total. The van der Waals surface area contributed by atoms with E-state index in [1.807, 2.05) is 37.3 Å². The third-order valence-corrected chi connectivity index (χ3v) is 7.32. The van der Waals surface area contributed by atoms with Gasteiger partial charge in [0.25, 0.3) is 5.91 Å². The van der Waals surface area contributed by atoms with E-state index in [0.717, 1.165) is 33.6 Å². The summed E-state index contributed by atoms with van der Waals surface area (Å²) in [5.41, 5.74) is 4.48. The summed E-state index contributed by atoms with van der Waals surface area (Å²) in [6.07, 6.45) is 3.15. The number of carbonyl (C=O) groups is 1. The Kier molecular flexibility index (Phi) is 8.00. The monoisotopic (exact) mass is 570 g/mol. The number of aryl methyl sites for hydroxylation is 1. The number of thioether (sulfide) groups is 1. The molecule has 2 heterocycles. The van der Waals surface area contributed by atoms with E-state index in [9.17, 15) is 4.79 Å². The summed E-state index contributed by atoms with van der Waals surface area (Å²) in [5, 5.41) is 3.63. The molecule has 31 heavy (non-hydrogen) atoms. The summed E-state index contributed by atoms with van der Waals surface area (Å²) >= 11 is 8.21. The highest BCUT2D eigenvalue weighted by molar-refractivity contribution is 7.99. The number of rotatable bonds is 5. The van der Waals surface area contributed by atoms with Crippen LogP contribution in [0.2, 0.25) is 5.02 Å². The summed E-state index contributed by atoms with van der Waals surface area (Å²) < 4.78 is 6.82. The van der Waals surface area contributed by atoms with E-state index >= 15 is 0 Å². The molecule has 1 fully saturated rings. The molecule has 2 aliphatic rings. The third-order valence-electron chi connectivity index (χ3n) is 5.96. The van der Waals surface area contributed by atoms with Crippen LogP contribution in [0.5, 0.6) is 5.75 Å². The lowest BCUT2D eigenvalue weighted by Crippen LogP contribution is -3.00. The predicted molar refractivity (Wildman–Crippen MR) is 126 cm³/mol. The van der Waals surface area contributed by atoms with Gasteiger partial charge in [0.1, 0.15) is 18.9 Å². The van der Waals surface area contributed by atoms with Gasteiger partial charge in [-0.3, -0.25) is 4.79 Å². The normalized spacial score (nSPS) is 17.8. The zero-order chi connectivity index (χ0) is 21.3. The fraction of sp³-hybridized carbons (Fsp3) is 0.375. The number of ether oxygens (including phenoxy) is 1. The van der Waals surface area contributed by atoms with Crippen LogP contribution in [0.15, 0.2) is 42.0 Å². The van der Waals surface area contributed by atoms with Crippen molar-refractivity contribution in [1.82, 2.24) is 0 Å². The van der Waals surface area contributed by atoms with Gasteiger partial charge in [0.2, 0.25) is 0 Å². The van der Waals surface area contributed by atoms with Gasteiger partial charge in [0, 0.05) is 34.0 Å². The minimum absolute atomic E-state index is 0. The largest absolute Gasteiger partial charge is 1.00 e. The quantitative estimate of drug-likeness (QED) is 0.442. The molecule has 4 rings (SSSR count). The summed E-state index contributed by atoms with van der Waals surface area (Å²) in [6, 6.07) is 12.6. The number of anilines is 1. The van der Waals surface area contributed by atoms with E-state index < -0.39 is 0 Å². The summed E-state index contributed by atoms with van der Waals surface area (Å²) in [4.78, 5) is 12.7. The van der Waals surface area contributed by atoms with E-state index in [1.165, 1.54) is 23.5 Å². The van der Waals surface area contributed by atoms with Gasteiger partial charge in [-0.1, -0.05) is 23.7 Å². The van der Waals surface area contributed by atoms with Crippen molar-refractivity contribution in [2.75, 3.05) is 37.5 Å². The number of hydrogen-bond donors (Lipinski definition) is 1. The Bertz CT molecular complexity index is 986. The zero-order valence-corrected chi connectivity index (χ0v) is 21.8. The van der Waals surface area contributed by atoms with Crippen molar-refractivity contribution in [3.63, 3.8) is 0 Å². The lowest BCUT2D eigenvalue weighted by atomic mass is 10.0. The Morgan fingerprint density at radius 1 is 1.26 bits per heavy atom. The van der Waals surface area contributed by atoms with Crippen LogP contribution >= 0.6 is 23.4 Å². The van der Waals surface area contributed by atoms with Crippen LogP contribution in [-0.4, -0.2) is 48.6 Å². The van der Waals surface area contributed by atoms with Crippen LogP contribution in [0, 0.1) is 6.92 Å².